The van der Waals surface area contributed by atoms with E-state index >= 15 is 0 Å². The third-order valence-electron chi connectivity index (χ3n) is 2.99. The van der Waals surface area contributed by atoms with Crippen LogP contribution in [0, 0.1) is 6.92 Å². The van der Waals surface area contributed by atoms with Crippen molar-refractivity contribution in [2.45, 2.75) is 19.4 Å². The number of hydrogen-bond donors (Lipinski definition) is 3. The molecule has 0 fully saturated rings. The van der Waals surface area contributed by atoms with Crippen molar-refractivity contribution in [1.29, 1.82) is 0 Å². The third-order valence-corrected chi connectivity index (χ3v) is 2.99. The fourth-order valence-corrected chi connectivity index (χ4v) is 1.68. The number of methoxy groups -OCH3 is 1. The molecule has 2 amide bonds. The Kier molecular flexibility index (Phi) is 7.42. The van der Waals surface area contributed by atoms with Gasteiger partial charge in [-0.1, -0.05) is 17.7 Å². The molecular weight excluding hydrogens is 270 g/mol. The second-order valence-corrected chi connectivity index (χ2v) is 4.80. The van der Waals surface area contributed by atoms with E-state index in [2.05, 4.69) is 10.6 Å². The third kappa shape index (κ3) is 6.37. The van der Waals surface area contributed by atoms with E-state index in [9.17, 15) is 9.59 Å². The van der Waals surface area contributed by atoms with Crippen LogP contribution in [-0.4, -0.2) is 44.7 Å². The van der Waals surface area contributed by atoms with Crippen LogP contribution in [0.1, 0.15) is 22.3 Å². The molecule has 0 radical (unpaired) electrons. The Bertz CT molecular complexity index is 460. The van der Waals surface area contributed by atoms with Crippen LogP contribution in [0.25, 0.3) is 0 Å². The summed E-state index contributed by atoms with van der Waals surface area (Å²) in [6.07, 6.45) is 0.470. The monoisotopic (exact) mass is 293 g/mol. The van der Waals surface area contributed by atoms with Gasteiger partial charge in [-0.3, -0.25) is 9.59 Å². The molecule has 0 saturated heterocycles. The molecule has 1 atom stereocenters. The highest BCUT2D eigenvalue weighted by molar-refractivity contribution is 5.94. The standard InChI is InChI=1S/C15H23N3O3/c1-11-3-5-12(6-4-11)14(19)17-8-9-18-15(20)13(16)7-10-21-2/h3-6,13H,7-10,16H2,1-2H3,(H,17,19)(H,18,20). The van der Waals surface area contributed by atoms with Crippen LogP contribution in [0.3, 0.4) is 0 Å². The molecule has 0 bridgehead atoms. The van der Waals surface area contributed by atoms with E-state index in [1.165, 1.54) is 0 Å². The zero-order valence-electron chi connectivity index (χ0n) is 12.5. The number of aryl methyl sites for hydroxylation is 1. The summed E-state index contributed by atoms with van der Waals surface area (Å²) in [6.45, 7) is 3.11. The highest BCUT2D eigenvalue weighted by Gasteiger charge is 2.12. The average molecular weight is 293 g/mol. The molecule has 6 heteroatoms. The minimum Gasteiger partial charge on any atom is -0.385 e. The molecule has 1 aromatic rings. The van der Waals surface area contributed by atoms with Gasteiger partial charge >= 0.3 is 0 Å². The number of hydrogen-bond acceptors (Lipinski definition) is 4. The molecule has 0 aliphatic rings. The second-order valence-electron chi connectivity index (χ2n) is 4.80. The predicted octanol–water partition coefficient (Wildman–Crippen LogP) is 0.205. The van der Waals surface area contributed by atoms with E-state index in [0.29, 0.717) is 31.7 Å². The van der Waals surface area contributed by atoms with E-state index < -0.39 is 6.04 Å². The summed E-state index contributed by atoms with van der Waals surface area (Å²) in [5.74, 6) is -0.399. The Balaban J connectivity index is 2.23. The van der Waals surface area contributed by atoms with Crippen LogP contribution in [0.2, 0.25) is 0 Å². The van der Waals surface area contributed by atoms with Crippen LogP contribution in [0.4, 0.5) is 0 Å². The lowest BCUT2D eigenvalue weighted by Crippen LogP contribution is -2.44. The maximum absolute atomic E-state index is 11.8. The lowest BCUT2D eigenvalue weighted by atomic mass is 10.1. The molecule has 21 heavy (non-hydrogen) atoms. The number of carbonyl (C=O) groups excluding carboxylic acids is 2. The molecule has 0 spiro atoms. The van der Waals surface area contributed by atoms with Gasteiger partial charge in [0.2, 0.25) is 5.91 Å². The number of rotatable bonds is 8. The molecule has 0 aliphatic heterocycles. The first-order chi connectivity index (χ1) is 10.0. The minimum absolute atomic E-state index is 0.159. The van der Waals surface area contributed by atoms with Crippen molar-refractivity contribution in [3.63, 3.8) is 0 Å². The van der Waals surface area contributed by atoms with Crippen molar-refractivity contribution in [1.82, 2.24) is 10.6 Å². The first-order valence-electron chi connectivity index (χ1n) is 6.91. The fraction of sp³-hybridized carbons (Fsp3) is 0.467. The van der Waals surface area contributed by atoms with Gasteiger partial charge in [-0.2, -0.15) is 0 Å². The Morgan fingerprint density at radius 1 is 1.19 bits per heavy atom. The van der Waals surface area contributed by atoms with Crippen LogP contribution in [0.15, 0.2) is 24.3 Å². The summed E-state index contributed by atoms with van der Waals surface area (Å²) < 4.78 is 4.86. The zero-order chi connectivity index (χ0) is 15.7. The molecule has 6 nitrogen and oxygen atoms in total. The zero-order valence-corrected chi connectivity index (χ0v) is 12.5. The van der Waals surface area contributed by atoms with E-state index in [4.69, 9.17) is 10.5 Å². The Hall–Kier alpha value is -1.92. The van der Waals surface area contributed by atoms with E-state index in [0.717, 1.165) is 5.56 Å². The topological polar surface area (TPSA) is 93.4 Å². The summed E-state index contributed by atoms with van der Waals surface area (Å²) >= 11 is 0. The molecule has 4 N–H and O–H groups in total. The SMILES string of the molecule is COCCC(N)C(=O)NCCNC(=O)c1ccc(C)cc1. The fourth-order valence-electron chi connectivity index (χ4n) is 1.68. The summed E-state index contributed by atoms with van der Waals surface area (Å²) in [7, 11) is 1.56. The van der Waals surface area contributed by atoms with Gasteiger partial charge in [0.25, 0.3) is 5.91 Å². The van der Waals surface area contributed by atoms with Crippen LogP contribution >= 0.6 is 0 Å². The van der Waals surface area contributed by atoms with Gasteiger partial charge in [0.1, 0.15) is 0 Å². The lowest BCUT2D eigenvalue weighted by Gasteiger charge is -2.12. The van der Waals surface area contributed by atoms with Gasteiger partial charge < -0.3 is 21.1 Å². The first kappa shape index (κ1) is 17.1. The lowest BCUT2D eigenvalue weighted by molar-refractivity contribution is -0.122. The smallest absolute Gasteiger partial charge is 0.251 e. The van der Waals surface area contributed by atoms with Gasteiger partial charge in [0, 0.05) is 32.4 Å². The van der Waals surface area contributed by atoms with Gasteiger partial charge in [-0.05, 0) is 25.5 Å². The van der Waals surface area contributed by atoms with Gasteiger partial charge in [0.15, 0.2) is 0 Å². The van der Waals surface area contributed by atoms with Crippen LogP contribution in [0.5, 0.6) is 0 Å². The molecule has 1 unspecified atom stereocenters. The molecule has 0 heterocycles. The molecule has 0 saturated carbocycles. The molecule has 116 valence electrons. The molecule has 0 aliphatic carbocycles. The van der Waals surface area contributed by atoms with Crippen molar-refractivity contribution >= 4 is 11.8 Å². The number of nitrogens with two attached hydrogens (primary N) is 1. The summed E-state index contributed by atoms with van der Waals surface area (Å²) in [4.78, 5) is 23.4. The molecule has 0 aromatic heterocycles. The van der Waals surface area contributed by atoms with E-state index in [1.807, 2.05) is 19.1 Å². The van der Waals surface area contributed by atoms with Crippen LogP contribution < -0.4 is 16.4 Å². The summed E-state index contributed by atoms with van der Waals surface area (Å²) in [6, 6.07) is 6.71. The van der Waals surface area contributed by atoms with Crippen LogP contribution in [-0.2, 0) is 9.53 Å². The van der Waals surface area contributed by atoms with E-state index in [-0.39, 0.29) is 11.8 Å². The normalized spacial score (nSPS) is 11.8. The van der Waals surface area contributed by atoms with Crippen molar-refractivity contribution in [3.8, 4) is 0 Å². The predicted molar refractivity (Wildman–Crippen MR) is 81.0 cm³/mol. The van der Waals surface area contributed by atoms with Gasteiger partial charge in [0.05, 0.1) is 6.04 Å². The van der Waals surface area contributed by atoms with Gasteiger partial charge in [-0.15, -0.1) is 0 Å². The van der Waals surface area contributed by atoms with Crippen molar-refractivity contribution in [2.75, 3.05) is 26.8 Å². The maximum Gasteiger partial charge on any atom is 0.251 e. The largest absolute Gasteiger partial charge is 0.385 e. The maximum atomic E-state index is 11.8. The number of ether oxygens (including phenoxy) is 1. The summed E-state index contributed by atoms with van der Waals surface area (Å²) in [5.41, 5.74) is 7.37. The number of amides is 2. The molecular formula is C15H23N3O3. The quantitative estimate of drug-likeness (QED) is 0.597. The average Bonchev–Trinajstić information content (AvgIpc) is 2.49. The Labute approximate surface area is 125 Å². The van der Waals surface area contributed by atoms with Crippen molar-refractivity contribution in [3.05, 3.63) is 35.4 Å². The van der Waals surface area contributed by atoms with Crippen molar-refractivity contribution < 1.29 is 14.3 Å². The highest BCUT2D eigenvalue weighted by atomic mass is 16.5. The number of carbonyl (C=O) groups is 2. The summed E-state index contributed by atoms with van der Waals surface area (Å²) in [5, 5.41) is 5.41. The number of benzene rings is 1. The minimum atomic E-state index is -0.585. The van der Waals surface area contributed by atoms with Gasteiger partial charge in [-0.25, -0.2) is 0 Å². The molecule has 1 aromatic carbocycles. The van der Waals surface area contributed by atoms with Crippen molar-refractivity contribution in [2.24, 2.45) is 5.73 Å². The number of nitrogens with one attached hydrogen (secondary N) is 2. The first-order valence-corrected chi connectivity index (χ1v) is 6.91. The highest BCUT2D eigenvalue weighted by Crippen LogP contribution is 2.02. The molecule has 1 rings (SSSR count). The Morgan fingerprint density at radius 2 is 1.81 bits per heavy atom. The van der Waals surface area contributed by atoms with E-state index in [1.54, 1.807) is 19.2 Å². The Morgan fingerprint density at radius 3 is 2.43 bits per heavy atom. The second kappa shape index (κ2) is 9.10.